The van der Waals surface area contributed by atoms with Gasteiger partial charge in [0.15, 0.2) is 5.96 Å². The van der Waals surface area contributed by atoms with Crippen molar-refractivity contribution in [2.24, 2.45) is 10.1 Å². The van der Waals surface area contributed by atoms with Crippen LogP contribution in [-0.4, -0.2) is 46.0 Å². The second-order valence-corrected chi connectivity index (χ2v) is 8.68. The zero-order chi connectivity index (χ0) is 20.7. The minimum Gasteiger partial charge on any atom is -0.468 e. The largest absolute Gasteiger partial charge is 0.468 e. The van der Waals surface area contributed by atoms with Crippen molar-refractivity contribution in [2.45, 2.75) is 36.7 Å². The Morgan fingerprint density at radius 1 is 1.17 bits per heavy atom. The number of guanidine groups is 1. The van der Waals surface area contributed by atoms with Gasteiger partial charge in [0.1, 0.15) is 5.76 Å². The Labute approximate surface area is 195 Å². The van der Waals surface area contributed by atoms with Crippen LogP contribution in [0.5, 0.6) is 0 Å². The van der Waals surface area contributed by atoms with E-state index in [1.807, 2.05) is 12.1 Å². The van der Waals surface area contributed by atoms with Crippen molar-refractivity contribution in [1.82, 2.24) is 15.5 Å². The highest BCUT2D eigenvalue weighted by Crippen LogP contribution is 2.24. The lowest BCUT2D eigenvalue weighted by atomic mass is 10.1. The number of aliphatic imine (C=N–C) groups is 1. The van der Waals surface area contributed by atoms with Gasteiger partial charge >= 0.3 is 0 Å². The topological polar surface area (TPSA) is 113 Å². The molecule has 10 heteroatoms. The highest BCUT2D eigenvalue weighted by Gasteiger charge is 2.24. The molecule has 2 heterocycles. The van der Waals surface area contributed by atoms with Gasteiger partial charge < -0.3 is 15.1 Å². The van der Waals surface area contributed by atoms with Crippen molar-refractivity contribution in [1.29, 1.82) is 0 Å². The molecule has 1 atom stereocenters. The molecule has 1 unspecified atom stereocenters. The van der Waals surface area contributed by atoms with Crippen molar-refractivity contribution in [2.75, 3.05) is 26.7 Å². The van der Waals surface area contributed by atoms with Gasteiger partial charge in [-0.15, -0.1) is 24.0 Å². The Balaban J connectivity index is 0.00000320. The predicted molar refractivity (Wildman–Crippen MR) is 128 cm³/mol. The number of furan rings is 1. The molecular formula is C20H30IN5O3S. The molecule has 1 aliphatic heterocycles. The van der Waals surface area contributed by atoms with Gasteiger partial charge in [-0.25, -0.2) is 13.6 Å². The van der Waals surface area contributed by atoms with Gasteiger partial charge in [0.2, 0.25) is 10.0 Å². The SMILES string of the molecule is CN=C(NCc1ccc(S(N)(=O)=O)cc1)NCC(c1ccco1)N1CCCCC1.I. The summed E-state index contributed by atoms with van der Waals surface area (Å²) in [7, 11) is -1.95. The number of piperidine rings is 1. The maximum Gasteiger partial charge on any atom is 0.238 e. The van der Waals surface area contributed by atoms with Crippen LogP contribution in [0, 0.1) is 0 Å². The zero-order valence-electron chi connectivity index (χ0n) is 17.1. The summed E-state index contributed by atoms with van der Waals surface area (Å²) in [6.45, 7) is 3.32. The van der Waals surface area contributed by atoms with Gasteiger partial charge in [0, 0.05) is 20.1 Å². The molecule has 0 saturated carbocycles. The van der Waals surface area contributed by atoms with Crippen LogP contribution in [-0.2, 0) is 16.6 Å². The number of rotatable bonds is 7. The molecule has 0 bridgehead atoms. The Morgan fingerprint density at radius 2 is 1.87 bits per heavy atom. The first kappa shape index (κ1) is 24.6. The molecule has 30 heavy (non-hydrogen) atoms. The number of benzene rings is 1. The molecule has 1 aromatic heterocycles. The summed E-state index contributed by atoms with van der Waals surface area (Å²) in [6, 6.07) is 10.6. The molecular weight excluding hydrogens is 517 g/mol. The Kier molecular flexibility index (Phi) is 9.59. The smallest absolute Gasteiger partial charge is 0.238 e. The quantitative estimate of drug-likeness (QED) is 0.279. The van der Waals surface area contributed by atoms with Crippen molar-refractivity contribution in [3.8, 4) is 0 Å². The van der Waals surface area contributed by atoms with Crippen molar-refractivity contribution >= 4 is 40.0 Å². The van der Waals surface area contributed by atoms with Crippen LogP contribution in [0.25, 0.3) is 0 Å². The van der Waals surface area contributed by atoms with Gasteiger partial charge in [0.05, 0.1) is 17.2 Å². The number of primary sulfonamides is 1. The molecule has 4 N–H and O–H groups in total. The van der Waals surface area contributed by atoms with Crippen LogP contribution >= 0.6 is 24.0 Å². The van der Waals surface area contributed by atoms with E-state index in [1.54, 1.807) is 25.4 Å². The molecule has 3 rings (SSSR count). The van der Waals surface area contributed by atoms with Gasteiger partial charge in [0.25, 0.3) is 0 Å². The third kappa shape index (κ3) is 6.96. The molecule has 0 aliphatic carbocycles. The number of hydrogen-bond acceptors (Lipinski definition) is 5. The van der Waals surface area contributed by atoms with E-state index in [0.717, 1.165) is 24.4 Å². The van der Waals surface area contributed by atoms with Crippen molar-refractivity contribution < 1.29 is 12.8 Å². The van der Waals surface area contributed by atoms with E-state index in [-0.39, 0.29) is 34.9 Å². The minimum absolute atomic E-state index is 0. The van der Waals surface area contributed by atoms with Crippen LogP contribution in [0.1, 0.15) is 36.6 Å². The summed E-state index contributed by atoms with van der Waals surface area (Å²) >= 11 is 0. The van der Waals surface area contributed by atoms with E-state index in [4.69, 9.17) is 9.56 Å². The molecule has 1 aliphatic rings. The first-order valence-corrected chi connectivity index (χ1v) is 11.4. The third-order valence-electron chi connectivity index (χ3n) is 5.10. The molecule has 0 radical (unpaired) electrons. The zero-order valence-corrected chi connectivity index (χ0v) is 20.2. The fourth-order valence-corrected chi connectivity index (χ4v) is 4.03. The Bertz CT molecular complexity index is 895. The number of nitrogens with one attached hydrogen (secondary N) is 2. The fourth-order valence-electron chi connectivity index (χ4n) is 3.52. The number of halogens is 1. The van der Waals surface area contributed by atoms with Crippen LogP contribution < -0.4 is 15.8 Å². The summed E-state index contributed by atoms with van der Waals surface area (Å²) in [4.78, 5) is 6.84. The first-order chi connectivity index (χ1) is 14.0. The lowest BCUT2D eigenvalue weighted by Gasteiger charge is -2.33. The van der Waals surface area contributed by atoms with Crippen molar-refractivity contribution in [3.63, 3.8) is 0 Å². The monoisotopic (exact) mass is 547 g/mol. The molecule has 1 saturated heterocycles. The van der Waals surface area contributed by atoms with Gasteiger partial charge in [-0.05, 0) is 55.8 Å². The van der Waals surface area contributed by atoms with E-state index in [9.17, 15) is 8.42 Å². The van der Waals surface area contributed by atoms with E-state index < -0.39 is 10.0 Å². The lowest BCUT2D eigenvalue weighted by Crippen LogP contribution is -2.44. The number of nitrogens with two attached hydrogens (primary N) is 1. The molecule has 1 aromatic carbocycles. The lowest BCUT2D eigenvalue weighted by molar-refractivity contribution is 0.146. The summed E-state index contributed by atoms with van der Waals surface area (Å²) in [5, 5.41) is 11.8. The molecule has 1 fully saturated rings. The number of hydrogen-bond donors (Lipinski definition) is 3. The normalized spacial score (nSPS) is 16.5. The maximum atomic E-state index is 11.4. The van der Waals surface area contributed by atoms with Crippen LogP contribution in [0.3, 0.4) is 0 Å². The summed E-state index contributed by atoms with van der Waals surface area (Å²) in [5.74, 6) is 1.63. The summed E-state index contributed by atoms with van der Waals surface area (Å²) in [5.41, 5.74) is 0.930. The second-order valence-electron chi connectivity index (χ2n) is 7.12. The van der Waals surface area contributed by atoms with Crippen LogP contribution in [0.2, 0.25) is 0 Å². The van der Waals surface area contributed by atoms with Crippen LogP contribution in [0.4, 0.5) is 0 Å². The standard InChI is InChI=1S/C20H29N5O3S.HI/c1-22-20(23-14-16-7-9-17(10-8-16)29(21,26)27)24-15-18(19-6-5-13-28-19)25-11-3-2-4-12-25;/h5-10,13,18H,2-4,11-12,14-15H2,1H3,(H2,21,26,27)(H2,22,23,24);1H. The van der Waals surface area contributed by atoms with Crippen LogP contribution in [0.15, 0.2) is 57.0 Å². The highest BCUT2D eigenvalue weighted by atomic mass is 127. The van der Waals surface area contributed by atoms with Gasteiger partial charge in [-0.2, -0.15) is 0 Å². The molecule has 166 valence electrons. The molecule has 0 spiro atoms. The van der Waals surface area contributed by atoms with Gasteiger partial charge in [-0.1, -0.05) is 18.6 Å². The molecule has 0 amide bonds. The number of sulfonamides is 1. The minimum atomic E-state index is -3.68. The molecule has 2 aromatic rings. The maximum absolute atomic E-state index is 11.4. The Hall–Kier alpha value is -1.63. The number of nitrogens with zero attached hydrogens (tertiary/aromatic N) is 2. The second kappa shape index (κ2) is 11.7. The summed E-state index contributed by atoms with van der Waals surface area (Å²) < 4.78 is 28.4. The molecule has 8 nitrogen and oxygen atoms in total. The first-order valence-electron chi connectivity index (χ1n) is 9.81. The van der Waals surface area contributed by atoms with Gasteiger partial charge in [-0.3, -0.25) is 9.89 Å². The Morgan fingerprint density at radius 3 is 2.43 bits per heavy atom. The van der Waals surface area contributed by atoms with E-state index in [0.29, 0.717) is 19.0 Å². The average molecular weight is 547 g/mol. The van der Waals surface area contributed by atoms with E-state index in [1.165, 1.54) is 31.4 Å². The fraction of sp³-hybridized carbons (Fsp3) is 0.450. The average Bonchev–Trinajstić information content (AvgIpc) is 3.25. The van der Waals surface area contributed by atoms with E-state index in [2.05, 4.69) is 20.5 Å². The third-order valence-corrected chi connectivity index (χ3v) is 6.03. The number of likely N-dealkylation sites (tertiary alicyclic amines) is 1. The van der Waals surface area contributed by atoms with E-state index >= 15 is 0 Å². The summed E-state index contributed by atoms with van der Waals surface area (Å²) in [6.07, 6.45) is 5.41. The van der Waals surface area contributed by atoms with Crippen molar-refractivity contribution in [3.05, 3.63) is 54.0 Å². The highest BCUT2D eigenvalue weighted by molar-refractivity contribution is 14.0. The predicted octanol–water partition coefficient (Wildman–Crippen LogP) is 2.44.